The summed E-state index contributed by atoms with van der Waals surface area (Å²) in [6.45, 7) is 4.00. The van der Waals surface area contributed by atoms with Gasteiger partial charge in [0.25, 0.3) is 5.89 Å². The minimum atomic E-state index is -0.689. The van der Waals surface area contributed by atoms with Crippen molar-refractivity contribution in [1.82, 2.24) is 15.1 Å². The molecule has 0 aliphatic heterocycles. The molecule has 0 saturated heterocycles. The van der Waals surface area contributed by atoms with Crippen LogP contribution < -0.4 is 0 Å². The van der Waals surface area contributed by atoms with Crippen LogP contribution in [0.2, 0.25) is 5.02 Å². The quantitative estimate of drug-likeness (QED) is 0.572. The Morgan fingerprint density at radius 1 is 1.35 bits per heavy atom. The van der Waals surface area contributed by atoms with Gasteiger partial charge in [0.15, 0.2) is 30.3 Å². The molecule has 0 saturated carbocycles. The number of nitrogens with zero attached hydrogens (tertiary/aromatic N) is 3. The molecular formula is C17H16ClN3O5. The van der Waals surface area contributed by atoms with E-state index in [0.717, 1.165) is 6.39 Å². The SMILES string of the molecule is CCOC(C)c1noc(COC(=O)c2ncoc2-c2ccccc2Cl)n1. The van der Waals surface area contributed by atoms with E-state index in [-0.39, 0.29) is 30.1 Å². The van der Waals surface area contributed by atoms with Gasteiger partial charge < -0.3 is 18.4 Å². The fourth-order valence-electron chi connectivity index (χ4n) is 2.24. The first-order chi connectivity index (χ1) is 12.6. The molecule has 3 rings (SSSR count). The third-order valence-electron chi connectivity index (χ3n) is 3.47. The molecular weight excluding hydrogens is 362 g/mol. The number of oxazole rings is 1. The molecule has 1 unspecified atom stereocenters. The highest BCUT2D eigenvalue weighted by Crippen LogP contribution is 2.30. The van der Waals surface area contributed by atoms with Gasteiger partial charge in [-0.25, -0.2) is 9.78 Å². The lowest BCUT2D eigenvalue weighted by atomic mass is 10.1. The van der Waals surface area contributed by atoms with Crippen molar-refractivity contribution >= 4 is 17.6 Å². The Kier molecular flexibility index (Phi) is 5.65. The van der Waals surface area contributed by atoms with Gasteiger partial charge in [-0.1, -0.05) is 28.9 Å². The Morgan fingerprint density at radius 2 is 2.15 bits per heavy atom. The normalized spacial score (nSPS) is 12.1. The van der Waals surface area contributed by atoms with Crippen LogP contribution in [0.15, 0.2) is 39.6 Å². The van der Waals surface area contributed by atoms with Gasteiger partial charge in [0, 0.05) is 12.2 Å². The highest BCUT2D eigenvalue weighted by Gasteiger charge is 2.22. The number of benzene rings is 1. The zero-order chi connectivity index (χ0) is 18.5. The van der Waals surface area contributed by atoms with Crippen LogP contribution in [0, 0.1) is 0 Å². The molecule has 0 radical (unpaired) electrons. The number of rotatable bonds is 7. The average Bonchev–Trinajstić information content (AvgIpc) is 3.30. The summed E-state index contributed by atoms with van der Waals surface area (Å²) >= 11 is 6.14. The van der Waals surface area contributed by atoms with Crippen molar-refractivity contribution in [3.63, 3.8) is 0 Å². The van der Waals surface area contributed by atoms with Crippen molar-refractivity contribution in [3.8, 4) is 11.3 Å². The molecule has 1 atom stereocenters. The molecule has 0 aliphatic rings. The molecule has 1 aromatic carbocycles. The van der Waals surface area contributed by atoms with Crippen molar-refractivity contribution in [2.45, 2.75) is 26.6 Å². The van der Waals surface area contributed by atoms with Gasteiger partial charge in [-0.3, -0.25) is 0 Å². The zero-order valence-electron chi connectivity index (χ0n) is 14.1. The minimum absolute atomic E-state index is 0.0144. The maximum absolute atomic E-state index is 12.3. The standard InChI is InChI=1S/C17H16ClN3O5/c1-3-23-10(2)16-20-13(26-21-16)8-24-17(22)14-15(25-9-19-14)11-6-4-5-7-12(11)18/h4-7,9-10H,3,8H2,1-2H3. The first kappa shape index (κ1) is 18.1. The zero-order valence-corrected chi connectivity index (χ0v) is 14.9. The number of aromatic nitrogens is 3. The predicted molar refractivity (Wildman–Crippen MR) is 90.4 cm³/mol. The van der Waals surface area contributed by atoms with E-state index in [0.29, 0.717) is 23.0 Å². The van der Waals surface area contributed by atoms with E-state index in [1.165, 1.54) is 0 Å². The maximum atomic E-state index is 12.3. The number of esters is 1. The number of hydrogen-bond acceptors (Lipinski definition) is 8. The highest BCUT2D eigenvalue weighted by atomic mass is 35.5. The van der Waals surface area contributed by atoms with Crippen LogP contribution >= 0.6 is 11.6 Å². The summed E-state index contributed by atoms with van der Waals surface area (Å²) in [6.07, 6.45) is 0.847. The summed E-state index contributed by atoms with van der Waals surface area (Å²) in [4.78, 5) is 20.4. The molecule has 0 aliphatic carbocycles. The molecule has 9 heteroatoms. The first-order valence-electron chi connectivity index (χ1n) is 7.89. The molecule has 136 valence electrons. The molecule has 2 heterocycles. The number of hydrogen-bond donors (Lipinski definition) is 0. The topological polar surface area (TPSA) is 100 Å². The molecule has 0 bridgehead atoms. The highest BCUT2D eigenvalue weighted by molar-refractivity contribution is 6.33. The second kappa shape index (κ2) is 8.11. The van der Waals surface area contributed by atoms with Crippen molar-refractivity contribution in [2.75, 3.05) is 6.61 Å². The third kappa shape index (κ3) is 3.92. The fraction of sp³-hybridized carbons (Fsp3) is 0.294. The third-order valence-corrected chi connectivity index (χ3v) is 3.80. The van der Waals surface area contributed by atoms with Gasteiger partial charge in [0.2, 0.25) is 0 Å². The Labute approximate surface area is 154 Å². The second-order valence-electron chi connectivity index (χ2n) is 5.23. The van der Waals surface area contributed by atoms with Gasteiger partial charge in [-0.05, 0) is 26.0 Å². The van der Waals surface area contributed by atoms with Gasteiger partial charge in [0.1, 0.15) is 6.10 Å². The molecule has 3 aromatic rings. The number of carbonyl (C=O) groups excluding carboxylic acids is 1. The molecule has 2 aromatic heterocycles. The van der Waals surface area contributed by atoms with E-state index in [2.05, 4.69) is 15.1 Å². The summed E-state index contributed by atoms with van der Waals surface area (Å²) in [7, 11) is 0. The lowest BCUT2D eigenvalue weighted by Crippen LogP contribution is -2.07. The molecule has 0 amide bonds. The van der Waals surface area contributed by atoms with E-state index in [4.69, 9.17) is 30.0 Å². The van der Waals surface area contributed by atoms with E-state index in [1.807, 2.05) is 6.92 Å². The summed E-state index contributed by atoms with van der Waals surface area (Å²) in [5.41, 5.74) is 0.560. The molecule has 0 N–H and O–H groups in total. The van der Waals surface area contributed by atoms with Gasteiger partial charge >= 0.3 is 5.97 Å². The van der Waals surface area contributed by atoms with Crippen LogP contribution in [0.3, 0.4) is 0 Å². The number of carbonyl (C=O) groups is 1. The van der Waals surface area contributed by atoms with Crippen LogP contribution in [-0.2, 0) is 16.1 Å². The Bertz CT molecular complexity index is 892. The first-order valence-corrected chi connectivity index (χ1v) is 8.27. The van der Waals surface area contributed by atoms with Crippen LogP contribution in [0.5, 0.6) is 0 Å². The minimum Gasteiger partial charge on any atom is -0.451 e. The van der Waals surface area contributed by atoms with Crippen LogP contribution in [0.1, 0.15) is 42.2 Å². The van der Waals surface area contributed by atoms with Crippen molar-refractivity contribution in [2.24, 2.45) is 0 Å². The maximum Gasteiger partial charge on any atom is 0.361 e. The summed E-state index contributed by atoms with van der Waals surface area (Å²) in [5, 5.41) is 4.23. The van der Waals surface area contributed by atoms with Crippen molar-refractivity contribution in [3.05, 3.63) is 53.1 Å². The molecule has 0 spiro atoms. The van der Waals surface area contributed by atoms with Crippen molar-refractivity contribution in [1.29, 1.82) is 0 Å². The van der Waals surface area contributed by atoms with Crippen LogP contribution in [0.25, 0.3) is 11.3 Å². The number of halogens is 1. The predicted octanol–water partition coefficient (Wildman–Crippen LogP) is 3.83. The van der Waals surface area contributed by atoms with Crippen LogP contribution in [-0.4, -0.2) is 27.7 Å². The van der Waals surface area contributed by atoms with Gasteiger partial charge in [-0.2, -0.15) is 4.98 Å². The summed E-state index contributed by atoms with van der Waals surface area (Å²) < 4.78 is 20.9. The van der Waals surface area contributed by atoms with Crippen LogP contribution in [0.4, 0.5) is 0 Å². The Morgan fingerprint density at radius 3 is 2.92 bits per heavy atom. The smallest absolute Gasteiger partial charge is 0.361 e. The van der Waals surface area contributed by atoms with E-state index >= 15 is 0 Å². The average molecular weight is 378 g/mol. The second-order valence-corrected chi connectivity index (χ2v) is 5.64. The monoisotopic (exact) mass is 377 g/mol. The van der Waals surface area contributed by atoms with E-state index in [1.54, 1.807) is 31.2 Å². The van der Waals surface area contributed by atoms with E-state index < -0.39 is 5.97 Å². The van der Waals surface area contributed by atoms with Crippen molar-refractivity contribution < 1.29 is 23.2 Å². The molecule has 8 nitrogen and oxygen atoms in total. The molecule has 0 fully saturated rings. The Hall–Kier alpha value is -2.71. The lowest BCUT2D eigenvalue weighted by Gasteiger charge is -2.05. The van der Waals surface area contributed by atoms with Gasteiger partial charge in [-0.15, -0.1) is 0 Å². The largest absolute Gasteiger partial charge is 0.451 e. The van der Waals surface area contributed by atoms with Gasteiger partial charge in [0.05, 0.1) is 5.02 Å². The Balaban J connectivity index is 1.69. The summed E-state index contributed by atoms with van der Waals surface area (Å²) in [6, 6.07) is 6.96. The molecule has 26 heavy (non-hydrogen) atoms. The lowest BCUT2D eigenvalue weighted by molar-refractivity contribution is 0.0424. The number of ether oxygens (including phenoxy) is 2. The fourth-order valence-corrected chi connectivity index (χ4v) is 2.46. The summed E-state index contributed by atoms with van der Waals surface area (Å²) in [5.74, 6) is 0.0850. The van der Waals surface area contributed by atoms with E-state index in [9.17, 15) is 4.79 Å².